The summed E-state index contributed by atoms with van der Waals surface area (Å²) >= 11 is 11.7. The number of amides is 5. The Morgan fingerprint density at radius 1 is 1.17 bits per heavy atom. The highest BCUT2D eigenvalue weighted by atomic mass is 35.5. The molecule has 1 aromatic carbocycles. The first-order valence-electron chi connectivity index (χ1n) is 6.70. The summed E-state index contributed by atoms with van der Waals surface area (Å²) in [5.74, 6) is -0.516. The van der Waals surface area contributed by atoms with Crippen molar-refractivity contribution in [3.8, 4) is 0 Å². The van der Waals surface area contributed by atoms with Crippen molar-refractivity contribution in [3.05, 3.63) is 41.4 Å². The van der Waals surface area contributed by atoms with Crippen LogP contribution in [0.1, 0.15) is 13.8 Å². The van der Waals surface area contributed by atoms with Gasteiger partial charge in [-0.3, -0.25) is 4.79 Å². The standard InChI is InChI=1S/C13H13Cl2N3O3.C2H4/c1-7(2)16-12(20)17-6-11(19)18(13(17)21)10-4-8(14)3-9(15)5-10;1-2/h3-5,7H,6H2,1-2H3,(H,16,20);1-2H2. The molecule has 2 rings (SSSR count). The maximum absolute atomic E-state index is 12.2. The fourth-order valence-electron chi connectivity index (χ4n) is 1.91. The van der Waals surface area contributed by atoms with Crippen molar-refractivity contribution in [3.63, 3.8) is 0 Å². The lowest BCUT2D eigenvalue weighted by Gasteiger charge is -2.18. The predicted molar refractivity (Wildman–Crippen MR) is 91.0 cm³/mol. The Balaban J connectivity index is 0.00000127. The number of anilines is 1. The summed E-state index contributed by atoms with van der Waals surface area (Å²) in [7, 11) is 0. The molecule has 5 amide bonds. The van der Waals surface area contributed by atoms with Crippen LogP contribution in [0.3, 0.4) is 0 Å². The molecule has 0 aromatic heterocycles. The third-order valence-corrected chi connectivity index (χ3v) is 3.16. The van der Waals surface area contributed by atoms with Crippen molar-refractivity contribution >= 4 is 46.9 Å². The molecule has 0 saturated carbocycles. The van der Waals surface area contributed by atoms with E-state index in [2.05, 4.69) is 18.5 Å². The number of imide groups is 2. The second-order valence-electron chi connectivity index (χ2n) is 4.83. The van der Waals surface area contributed by atoms with Crippen LogP contribution in [0.2, 0.25) is 10.0 Å². The number of benzene rings is 1. The zero-order valence-corrected chi connectivity index (χ0v) is 14.3. The number of carbonyl (C=O) groups excluding carboxylic acids is 3. The summed E-state index contributed by atoms with van der Waals surface area (Å²) in [6.45, 7) is 9.20. The Labute approximate surface area is 144 Å². The smallest absolute Gasteiger partial charge is 0.335 e. The molecule has 1 saturated heterocycles. The van der Waals surface area contributed by atoms with E-state index in [-0.39, 0.29) is 18.3 Å². The minimum Gasteiger partial charge on any atom is -0.335 e. The van der Waals surface area contributed by atoms with Crippen LogP contribution in [0.25, 0.3) is 0 Å². The molecule has 0 radical (unpaired) electrons. The third-order valence-electron chi connectivity index (χ3n) is 2.73. The van der Waals surface area contributed by atoms with E-state index in [0.29, 0.717) is 10.0 Å². The summed E-state index contributed by atoms with van der Waals surface area (Å²) < 4.78 is 0. The molecule has 124 valence electrons. The lowest BCUT2D eigenvalue weighted by atomic mass is 10.3. The number of urea groups is 2. The first kappa shape index (κ1) is 19.0. The van der Waals surface area contributed by atoms with Crippen molar-refractivity contribution in [2.75, 3.05) is 11.4 Å². The van der Waals surface area contributed by atoms with Crippen LogP contribution in [-0.4, -0.2) is 35.5 Å². The lowest BCUT2D eigenvalue weighted by molar-refractivity contribution is -0.116. The summed E-state index contributed by atoms with van der Waals surface area (Å²) in [6, 6.07) is 2.88. The van der Waals surface area contributed by atoms with E-state index in [1.54, 1.807) is 13.8 Å². The molecule has 0 bridgehead atoms. The number of nitrogens with one attached hydrogen (secondary N) is 1. The van der Waals surface area contributed by atoms with E-state index in [1.165, 1.54) is 18.2 Å². The molecule has 1 aliphatic heterocycles. The van der Waals surface area contributed by atoms with Crippen LogP contribution in [0.5, 0.6) is 0 Å². The maximum atomic E-state index is 12.2. The molecule has 1 aliphatic rings. The minimum absolute atomic E-state index is 0.143. The van der Waals surface area contributed by atoms with Gasteiger partial charge in [0.15, 0.2) is 0 Å². The Hall–Kier alpha value is -2.05. The fraction of sp³-hybridized carbons (Fsp3) is 0.267. The van der Waals surface area contributed by atoms with Gasteiger partial charge in [0.05, 0.1) is 5.69 Å². The number of halogens is 2. The maximum Gasteiger partial charge on any atom is 0.340 e. The van der Waals surface area contributed by atoms with Gasteiger partial charge in [0.1, 0.15) is 6.54 Å². The van der Waals surface area contributed by atoms with Gasteiger partial charge in [0, 0.05) is 16.1 Å². The van der Waals surface area contributed by atoms with Crippen molar-refractivity contribution < 1.29 is 14.4 Å². The van der Waals surface area contributed by atoms with E-state index in [0.717, 1.165) is 9.80 Å². The molecule has 23 heavy (non-hydrogen) atoms. The van der Waals surface area contributed by atoms with Gasteiger partial charge in [-0.25, -0.2) is 19.4 Å². The Kier molecular flexibility index (Phi) is 6.60. The van der Waals surface area contributed by atoms with Gasteiger partial charge in [-0.1, -0.05) is 23.2 Å². The average Bonchev–Trinajstić information content (AvgIpc) is 2.74. The molecule has 0 aliphatic carbocycles. The number of hydrogen-bond donors (Lipinski definition) is 1. The zero-order chi connectivity index (χ0) is 17.7. The highest BCUT2D eigenvalue weighted by Gasteiger charge is 2.41. The van der Waals surface area contributed by atoms with Crippen molar-refractivity contribution in [1.29, 1.82) is 0 Å². The summed E-state index contributed by atoms with van der Waals surface area (Å²) in [5.41, 5.74) is 0.238. The largest absolute Gasteiger partial charge is 0.340 e. The van der Waals surface area contributed by atoms with Gasteiger partial charge >= 0.3 is 12.1 Å². The number of carbonyl (C=O) groups is 3. The van der Waals surface area contributed by atoms with E-state index in [4.69, 9.17) is 23.2 Å². The van der Waals surface area contributed by atoms with Gasteiger partial charge in [-0.05, 0) is 32.0 Å². The Bertz CT molecular complexity index is 614. The van der Waals surface area contributed by atoms with E-state index in [1.807, 2.05) is 0 Å². The summed E-state index contributed by atoms with van der Waals surface area (Å²) in [4.78, 5) is 37.9. The van der Waals surface area contributed by atoms with Crippen molar-refractivity contribution in [2.24, 2.45) is 0 Å². The molecule has 1 fully saturated rings. The minimum atomic E-state index is -0.725. The lowest BCUT2D eigenvalue weighted by Crippen LogP contribution is -2.45. The Morgan fingerprint density at radius 3 is 2.17 bits per heavy atom. The van der Waals surface area contributed by atoms with Crippen LogP contribution < -0.4 is 10.2 Å². The van der Waals surface area contributed by atoms with Gasteiger partial charge in [-0.2, -0.15) is 0 Å². The normalized spacial score (nSPS) is 14.0. The predicted octanol–water partition coefficient (Wildman–Crippen LogP) is 3.68. The number of hydrogen-bond acceptors (Lipinski definition) is 3. The first-order chi connectivity index (χ1) is 10.8. The molecular formula is C15H17Cl2N3O3. The molecule has 0 spiro atoms. The second-order valence-corrected chi connectivity index (χ2v) is 5.70. The molecule has 1 N–H and O–H groups in total. The first-order valence-corrected chi connectivity index (χ1v) is 7.46. The summed E-state index contributed by atoms with van der Waals surface area (Å²) in [5, 5.41) is 3.15. The van der Waals surface area contributed by atoms with E-state index in [9.17, 15) is 14.4 Å². The molecule has 6 nitrogen and oxygen atoms in total. The highest BCUT2D eigenvalue weighted by molar-refractivity contribution is 6.35. The molecule has 1 heterocycles. The number of rotatable bonds is 2. The molecule has 1 aromatic rings. The van der Waals surface area contributed by atoms with E-state index < -0.39 is 18.0 Å². The van der Waals surface area contributed by atoms with Crippen molar-refractivity contribution in [1.82, 2.24) is 10.2 Å². The van der Waals surface area contributed by atoms with Gasteiger partial charge in [0.25, 0.3) is 5.91 Å². The third kappa shape index (κ3) is 4.46. The molecular weight excluding hydrogens is 341 g/mol. The topological polar surface area (TPSA) is 69.7 Å². The molecule has 8 heteroatoms. The quantitative estimate of drug-likeness (QED) is 0.648. The van der Waals surface area contributed by atoms with Gasteiger partial charge in [-0.15, -0.1) is 13.2 Å². The Morgan fingerprint density at radius 2 is 1.70 bits per heavy atom. The summed E-state index contributed by atoms with van der Waals surface area (Å²) in [6.07, 6.45) is 0. The van der Waals surface area contributed by atoms with E-state index >= 15 is 0 Å². The van der Waals surface area contributed by atoms with Crippen LogP contribution in [0.4, 0.5) is 15.3 Å². The van der Waals surface area contributed by atoms with Crippen LogP contribution in [0.15, 0.2) is 31.4 Å². The zero-order valence-electron chi connectivity index (χ0n) is 12.8. The fourth-order valence-corrected chi connectivity index (χ4v) is 2.42. The van der Waals surface area contributed by atoms with Gasteiger partial charge in [0.2, 0.25) is 0 Å². The molecule has 0 unspecified atom stereocenters. The number of nitrogens with zero attached hydrogens (tertiary/aromatic N) is 2. The average molecular weight is 358 g/mol. The van der Waals surface area contributed by atoms with Gasteiger partial charge < -0.3 is 5.32 Å². The van der Waals surface area contributed by atoms with Crippen LogP contribution in [0, 0.1) is 0 Å². The highest BCUT2D eigenvalue weighted by Crippen LogP contribution is 2.28. The van der Waals surface area contributed by atoms with Crippen LogP contribution in [-0.2, 0) is 4.79 Å². The SMILES string of the molecule is C=C.CC(C)NC(=O)N1CC(=O)N(c2cc(Cl)cc(Cl)c2)C1=O. The van der Waals surface area contributed by atoms with Crippen molar-refractivity contribution in [2.45, 2.75) is 19.9 Å². The second kappa shape index (κ2) is 7.99. The molecule has 0 atom stereocenters. The van der Waals surface area contributed by atoms with Crippen LogP contribution >= 0.6 is 23.2 Å². The monoisotopic (exact) mass is 357 g/mol.